The maximum Gasteiger partial charge on any atom is 0.407 e. The molecule has 1 aliphatic heterocycles. The van der Waals surface area contributed by atoms with Crippen LogP contribution in [0, 0.1) is 11.7 Å². The molecule has 0 saturated carbocycles. The van der Waals surface area contributed by atoms with Crippen LogP contribution in [0.1, 0.15) is 93.0 Å². The fourth-order valence-corrected chi connectivity index (χ4v) is 6.18. The van der Waals surface area contributed by atoms with Gasteiger partial charge in [0.05, 0.1) is 12.2 Å². The van der Waals surface area contributed by atoms with Gasteiger partial charge in [-0.3, -0.25) is 4.79 Å². The Labute approximate surface area is 273 Å². The molecule has 1 fully saturated rings. The number of amides is 2. The smallest absolute Gasteiger partial charge is 0.407 e. The second kappa shape index (κ2) is 16.2. The van der Waals surface area contributed by atoms with Crippen LogP contribution in [-0.4, -0.2) is 53.9 Å². The predicted molar refractivity (Wildman–Crippen MR) is 179 cm³/mol. The van der Waals surface area contributed by atoms with Crippen molar-refractivity contribution in [1.82, 2.24) is 10.2 Å². The first-order valence-corrected chi connectivity index (χ1v) is 16.4. The summed E-state index contributed by atoms with van der Waals surface area (Å²) in [6.45, 7) is 8.92. The number of nitrogens with zero attached hydrogens (tertiary/aromatic N) is 1. The van der Waals surface area contributed by atoms with E-state index in [0.29, 0.717) is 37.1 Å². The third-order valence-corrected chi connectivity index (χ3v) is 8.65. The van der Waals surface area contributed by atoms with Gasteiger partial charge < -0.3 is 24.8 Å². The molecule has 0 spiro atoms. The second-order valence-electron chi connectivity index (χ2n) is 13.2. The zero-order chi connectivity index (χ0) is 33.3. The van der Waals surface area contributed by atoms with Gasteiger partial charge in [0, 0.05) is 37.9 Å². The molecule has 8 heteroatoms. The van der Waals surface area contributed by atoms with E-state index in [9.17, 15) is 14.7 Å². The lowest BCUT2D eigenvalue weighted by atomic mass is 9.87. The highest BCUT2D eigenvalue weighted by Gasteiger charge is 2.28. The van der Waals surface area contributed by atoms with Gasteiger partial charge in [-0.15, -0.1) is 0 Å². The molecule has 2 amide bonds. The number of methoxy groups -OCH3 is 1. The van der Waals surface area contributed by atoms with Crippen LogP contribution in [0.25, 0.3) is 11.1 Å². The Bertz CT molecular complexity index is 1460. The number of aliphatic hydroxyl groups excluding tert-OH is 1. The van der Waals surface area contributed by atoms with Gasteiger partial charge in [0.1, 0.15) is 11.4 Å². The Balaban J connectivity index is 1.27. The lowest BCUT2D eigenvalue weighted by Crippen LogP contribution is -2.41. The maximum absolute atomic E-state index is 15.1. The van der Waals surface area contributed by atoms with E-state index in [0.717, 1.165) is 47.9 Å². The number of benzene rings is 3. The first kappa shape index (κ1) is 35.1. The highest BCUT2D eigenvalue weighted by Crippen LogP contribution is 2.36. The minimum Gasteiger partial charge on any atom is -0.444 e. The van der Waals surface area contributed by atoms with E-state index in [1.807, 2.05) is 68.1 Å². The maximum atomic E-state index is 15.1. The zero-order valence-corrected chi connectivity index (χ0v) is 27.9. The Morgan fingerprint density at radius 1 is 1.00 bits per heavy atom. The van der Waals surface area contributed by atoms with Gasteiger partial charge in [0.25, 0.3) is 5.91 Å². The summed E-state index contributed by atoms with van der Waals surface area (Å²) in [6, 6.07) is 20.4. The van der Waals surface area contributed by atoms with Crippen LogP contribution in [0.2, 0.25) is 0 Å². The molecule has 0 bridgehead atoms. The largest absolute Gasteiger partial charge is 0.444 e. The molecule has 1 saturated heterocycles. The summed E-state index contributed by atoms with van der Waals surface area (Å²) in [5.41, 5.74) is 4.21. The number of piperidine rings is 1. The van der Waals surface area contributed by atoms with E-state index in [4.69, 9.17) is 9.47 Å². The molecule has 0 radical (unpaired) electrons. The van der Waals surface area contributed by atoms with Gasteiger partial charge >= 0.3 is 6.09 Å². The summed E-state index contributed by atoms with van der Waals surface area (Å²) in [5.74, 6) is -0.209. The highest BCUT2D eigenvalue weighted by atomic mass is 19.1. The van der Waals surface area contributed by atoms with Crippen LogP contribution >= 0.6 is 0 Å². The average Bonchev–Trinajstić information content (AvgIpc) is 3.04. The average molecular weight is 633 g/mol. The monoisotopic (exact) mass is 632 g/mol. The minimum atomic E-state index is -0.581. The van der Waals surface area contributed by atoms with Crippen molar-refractivity contribution in [2.24, 2.45) is 5.92 Å². The fourth-order valence-electron chi connectivity index (χ4n) is 6.18. The van der Waals surface area contributed by atoms with Crippen molar-refractivity contribution >= 4 is 12.0 Å². The molecule has 2 atom stereocenters. The van der Waals surface area contributed by atoms with Crippen LogP contribution in [0.5, 0.6) is 0 Å². The number of likely N-dealkylation sites (tertiary alicyclic amines) is 1. The predicted octanol–water partition coefficient (Wildman–Crippen LogP) is 7.85. The van der Waals surface area contributed by atoms with Crippen molar-refractivity contribution < 1.29 is 28.6 Å². The summed E-state index contributed by atoms with van der Waals surface area (Å²) < 4.78 is 26.3. The van der Waals surface area contributed by atoms with Crippen LogP contribution < -0.4 is 5.32 Å². The summed E-state index contributed by atoms with van der Waals surface area (Å²) in [6.07, 6.45) is 3.05. The van der Waals surface area contributed by atoms with Gasteiger partial charge in [-0.05, 0) is 106 Å². The van der Waals surface area contributed by atoms with Crippen molar-refractivity contribution in [2.45, 2.75) is 90.6 Å². The van der Waals surface area contributed by atoms with E-state index in [1.165, 1.54) is 6.07 Å². The molecule has 7 nitrogen and oxygen atoms in total. The van der Waals surface area contributed by atoms with Gasteiger partial charge in [-0.25, -0.2) is 9.18 Å². The summed E-state index contributed by atoms with van der Waals surface area (Å²) in [5, 5.41) is 13.8. The number of alkyl carbamates (subject to hydrolysis) is 1. The van der Waals surface area contributed by atoms with Crippen LogP contribution in [0.15, 0.2) is 66.7 Å². The van der Waals surface area contributed by atoms with Crippen molar-refractivity contribution in [3.8, 4) is 11.1 Å². The Kier molecular flexibility index (Phi) is 12.4. The Morgan fingerprint density at radius 2 is 1.70 bits per heavy atom. The molecule has 4 rings (SSSR count). The number of carbonyl (C=O) groups excluding carboxylic acids is 2. The van der Waals surface area contributed by atoms with E-state index < -0.39 is 17.8 Å². The normalized spacial score (nSPS) is 15.3. The first-order chi connectivity index (χ1) is 22.0. The lowest BCUT2D eigenvalue weighted by molar-refractivity contribution is 0.0383. The molecule has 2 N–H and O–H groups in total. The standard InChI is InChI=1S/C38H49FN2O5/c1-6-26-11-7-13-29(23-26)35-31(15-9-16-32(35)39)34(45-5)18-10-17-33(42)28-19-21-41(22-20-28)36(43)30-14-8-12-27(24-30)25-40-37(44)46-38(2,3)4/h7-9,11-16,23-24,28,33-34,42H,6,10,17-22,25H2,1-5H3,(H,40,44). The zero-order valence-electron chi connectivity index (χ0n) is 27.9. The Hall–Kier alpha value is -3.75. The number of aryl methyl sites for hydroxylation is 1. The molecule has 0 aliphatic carbocycles. The highest BCUT2D eigenvalue weighted by molar-refractivity contribution is 5.94. The molecular formula is C38H49FN2O5. The summed E-state index contributed by atoms with van der Waals surface area (Å²) in [4.78, 5) is 27.1. The molecule has 2 unspecified atom stereocenters. The van der Waals surface area contributed by atoms with Crippen LogP contribution in [-0.2, 0) is 22.4 Å². The first-order valence-electron chi connectivity index (χ1n) is 16.4. The van der Waals surface area contributed by atoms with E-state index in [-0.39, 0.29) is 30.3 Å². The number of ether oxygens (including phenoxy) is 2. The van der Waals surface area contributed by atoms with Crippen molar-refractivity contribution in [3.63, 3.8) is 0 Å². The summed E-state index contributed by atoms with van der Waals surface area (Å²) >= 11 is 0. The van der Waals surface area contributed by atoms with E-state index >= 15 is 4.39 Å². The van der Waals surface area contributed by atoms with Gasteiger partial charge in [-0.1, -0.05) is 55.5 Å². The molecule has 1 aliphatic rings. The third kappa shape index (κ3) is 9.63. The molecule has 1 heterocycles. The SMILES string of the molecule is CCc1cccc(-c2c(F)cccc2C(CCCC(O)C2CCN(C(=O)c3cccc(CNC(=O)OC(C)(C)C)c3)CC2)OC)c1. The number of rotatable bonds is 12. The number of nitrogens with one attached hydrogen (secondary N) is 1. The minimum absolute atomic E-state index is 0.0506. The summed E-state index contributed by atoms with van der Waals surface area (Å²) in [7, 11) is 1.65. The number of halogens is 1. The number of hydrogen-bond donors (Lipinski definition) is 2. The molecule has 0 aromatic heterocycles. The fraction of sp³-hybridized carbons (Fsp3) is 0.474. The molecule has 46 heavy (non-hydrogen) atoms. The van der Waals surface area contributed by atoms with Crippen LogP contribution in [0.4, 0.5) is 9.18 Å². The van der Waals surface area contributed by atoms with Crippen LogP contribution in [0.3, 0.4) is 0 Å². The molecule has 3 aromatic carbocycles. The number of hydrogen-bond acceptors (Lipinski definition) is 5. The third-order valence-electron chi connectivity index (χ3n) is 8.65. The topological polar surface area (TPSA) is 88.1 Å². The second-order valence-corrected chi connectivity index (χ2v) is 13.2. The van der Waals surface area contributed by atoms with Crippen molar-refractivity contribution in [1.29, 1.82) is 0 Å². The van der Waals surface area contributed by atoms with Crippen molar-refractivity contribution in [2.75, 3.05) is 20.2 Å². The van der Waals surface area contributed by atoms with Gasteiger partial charge in [-0.2, -0.15) is 0 Å². The number of aliphatic hydroxyl groups is 1. The van der Waals surface area contributed by atoms with Crippen molar-refractivity contribution in [3.05, 3.63) is 94.8 Å². The molecule has 3 aromatic rings. The number of carbonyl (C=O) groups is 2. The molecular weight excluding hydrogens is 583 g/mol. The Morgan fingerprint density at radius 3 is 2.39 bits per heavy atom. The van der Waals surface area contributed by atoms with E-state index in [1.54, 1.807) is 25.3 Å². The van der Waals surface area contributed by atoms with Gasteiger partial charge in [0.15, 0.2) is 0 Å². The lowest BCUT2D eigenvalue weighted by Gasteiger charge is -2.34. The van der Waals surface area contributed by atoms with Gasteiger partial charge in [0.2, 0.25) is 0 Å². The quantitative estimate of drug-likeness (QED) is 0.212. The molecule has 248 valence electrons. The van der Waals surface area contributed by atoms with E-state index in [2.05, 4.69) is 12.2 Å².